The fourth-order valence-corrected chi connectivity index (χ4v) is 7.94. The summed E-state index contributed by atoms with van der Waals surface area (Å²) in [5.74, 6) is 0.726. The molecule has 510 valence electrons. The molecular weight excluding hydrogens is 1190 g/mol. The Bertz CT molecular complexity index is 1540. The first-order chi connectivity index (χ1) is 43.3. The molecule has 1 rings (SSSR count). The summed E-state index contributed by atoms with van der Waals surface area (Å²) in [7, 11) is 3.18. The minimum atomic E-state index is 0.0102. The van der Waals surface area contributed by atoms with Crippen molar-refractivity contribution >= 4 is 27.5 Å². The summed E-state index contributed by atoms with van der Waals surface area (Å²) in [5, 5.41) is 7.17. The molecule has 0 unspecified atom stereocenters. The van der Waals surface area contributed by atoms with Gasteiger partial charge in [0, 0.05) is 36.4 Å². The fraction of sp³-hybridized carbons (Fsp3) is 0.893. The smallest absolute Gasteiger partial charge is 0.220 e. The molecule has 0 saturated carbocycles. The molecule has 0 atom stereocenters. The molecule has 0 aromatic carbocycles. The third kappa shape index (κ3) is 72.6. The summed E-state index contributed by atoms with van der Waals surface area (Å²) < 4.78 is 126. The van der Waals surface area contributed by atoms with Crippen molar-refractivity contribution in [3.63, 3.8) is 0 Å². The van der Waals surface area contributed by atoms with Gasteiger partial charge in [0.1, 0.15) is 5.03 Å². The van der Waals surface area contributed by atoms with Crippen LogP contribution in [0, 0.1) is 0 Å². The lowest BCUT2D eigenvalue weighted by Crippen LogP contribution is -2.27. The number of carbonyl (C=O) groups is 1. The maximum Gasteiger partial charge on any atom is 0.220 e. The van der Waals surface area contributed by atoms with Crippen molar-refractivity contribution in [3.8, 4) is 0 Å². The van der Waals surface area contributed by atoms with Crippen LogP contribution in [0.1, 0.15) is 6.42 Å². The maximum absolute atomic E-state index is 11.9. The van der Waals surface area contributed by atoms with Crippen LogP contribution >= 0.6 is 21.6 Å². The van der Waals surface area contributed by atoms with Crippen molar-refractivity contribution in [1.29, 1.82) is 0 Å². The number of azide groups is 1. The van der Waals surface area contributed by atoms with Crippen molar-refractivity contribution in [2.24, 2.45) is 5.11 Å². The highest BCUT2D eigenvalue weighted by Crippen LogP contribution is 2.29. The average molecular weight is 1300 g/mol. The Morgan fingerprint density at radius 3 is 0.805 bits per heavy atom. The lowest BCUT2D eigenvalue weighted by molar-refractivity contribution is -0.120. The number of pyridine rings is 1. The van der Waals surface area contributed by atoms with Crippen molar-refractivity contribution in [1.82, 2.24) is 10.3 Å². The van der Waals surface area contributed by atoms with Crippen LogP contribution in [0.5, 0.6) is 0 Å². The second-order valence-electron chi connectivity index (χ2n) is 17.2. The highest BCUT2D eigenvalue weighted by molar-refractivity contribution is 8.76. The molecule has 1 amide bonds. The van der Waals surface area contributed by atoms with Crippen molar-refractivity contribution < 1.29 is 114 Å². The van der Waals surface area contributed by atoms with E-state index in [1.165, 1.54) is 0 Å². The van der Waals surface area contributed by atoms with Gasteiger partial charge in [0.25, 0.3) is 0 Å². The molecule has 1 aromatic heterocycles. The number of rotatable bonds is 77. The van der Waals surface area contributed by atoms with Crippen LogP contribution in [0.25, 0.3) is 10.4 Å². The van der Waals surface area contributed by atoms with Crippen LogP contribution in [0.3, 0.4) is 0 Å². The average Bonchev–Trinajstić information content (AvgIpc) is 3.56. The molecule has 87 heavy (non-hydrogen) atoms. The van der Waals surface area contributed by atoms with Crippen LogP contribution < -0.4 is 5.32 Å². The Balaban J connectivity index is 1.59. The summed E-state index contributed by atoms with van der Waals surface area (Å²) in [6, 6.07) is 5.77. The zero-order chi connectivity index (χ0) is 61.8. The van der Waals surface area contributed by atoms with Gasteiger partial charge in [0.05, 0.1) is 304 Å². The molecule has 1 N–H and O–H groups in total. The van der Waals surface area contributed by atoms with Gasteiger partial charge in [-0.05, 0) is 28.5 Å². The monoisotopic (exact) mass is 1300 g/mol. The van der Waals surface area contributed by atoms with Crippen LogP contribution in [-0.4, -0.2) is 334 Å². The zero-order valence-corrected chi connectivity index (χ0v) is 53.2. The quantitative estimate of drug-likeness (QED) is 0.0322. The number of hydrogen-bond donors (Lipinski definition) is 1. The fourth-order valence-electron chi connectivity index (χ4n) is 6.07. The first-order valence-corrected chi connectivity index (χ1v) is 32.4. The normalized spacial score (nSPS) is 11.5. The van der Waals surface area contributed by atoms with E-state index in [1.807, 2.05) is 18.2 Å². The number of nitrogens with one attached hydrogen (secondary N) is 1. The molecular formula is C56H105N5O24S2. The third-order valence-corrected chi connectivity index (χ3v) is 12.6. The predicted molar refractivity (Wildman–Crippen MR) is 323 cm³/mol. The molecule has 0 aliphatic rings. The highest BCUT2D eigenvalue weighted by atomic mass is 33.1. The number of nitrogens with zero attached hydrogens (tertiary/aromatic N) is 4. The van der Waals surface area contributed by atoms with Crippen LogP contribution in [0.15, 0.2) is 34.5 Å². The van der Waals surface area contributed by atoms with E-state index in [1.54, 1.807) is 27.8 Å². The van der Waals surface area contributed by atoms with Gasteiger partial charge in [-0.25, -0.2) is 4.98 Å². The Morgan fingerprint density at radius 1 is 0.356 bits per heavy atom. The standard InChI is InChI=1S/C56H105N5O24S2/c57-61-60-7-9-64-11-13-66-15-17-68-19-21-70-23-25-72-27-29-74-31-33-76-35-37-78-39-41-80-43-45-82-47-49-84-51-53-85-52-50-83-48-46-81-44-42-79-40-38-77-36-34-75-32-30-73-28-26-71-24-22-69-20-18-67-16-14-65-12-10-63-8-6-58-55(62)4-54-86-87-56-3-1-2-5-59-56/h1-3,5H,4,6-54H2,(H,58,62). The van der Waals surface area contributed by atoms with Gasteiger partial charge in [0.15, 0.2) is 0 Å². The third-order valence-electron chi connectivity index (χ3n) is 10.3. The number of aromatic nitrogens is 1. The first kappa shape index (κ1) is 82.7. The molecule has 0 fully saturated rings. The summed E-state index contributed by atoms with van der Waals surface area (Å²) >= 11 is 0. The SMILES string of the molecule is [N-]=[N+]=NCCOCCOCCOCCOCCOCCOCCOCCOCCOCCOCCOCCOCCOCCOCCOCCOCCOCCOCCOCCOCCOCCOCCOCCNC(=O)CCSSc1ccccn1. The molecule has 0 aliphatic carbocycles. The van der Waals surface area contributed by atoms with Gasteiger partial charge >= 0.3 is 0 Å². The summed E-state index contributed by atoms with van der Waals surface area (Å²) in [6.45, 7) is 22.6. The van der Waals surface area contributed by atoms with E-state index in [4.69, 9.17) is 114 Å². The Kier molecular flexibility index (Phi) is 72.4. The number of ether oxygens (including phenoxy) is 23. The van der Waals surface area contributed by atoms with E-state index in [2.05, 4.69) is 20.3 Å². The molecule has 0 radical (unpaired) electrons. The van der Waals surface area contributed by atoms with E-state index in [0.717, 1.165) is 5.03 Å². The van der Waals surface area contributed by atoms with Gasteiger partial charge in [-0.2, -0.15) is 0 Å². The minimum absolute atomic E-state index is 0.0102. The van der Waals surface area contributed by atoms with Crippen LogP contribution in [-0.2, 0) is 114 Å². The van der Waals surface area contributed by atoms with E-state index in [9.17, 15) is 4.79 Å². The highest BCUT2D eigenvalue weighted by Gasteiger charge is 2.04. The zero-order valence-electron chi connectivity index (χ0n) is 51.6. The number of carbonyl (C=O) groups excluding carboxylic acids is 1. The lowest BCUT2D eigenvalue weighted by atomic mass is 10.4. The lowest BCUT2D eigenvalue weighted by Gasteiger charge is -2.09. The largest absolute Gasteiger partial charge is 0.379 e. The Hall–Kier alpha value is -2.29. The summed E-state index contributed by atoms with van der Waals surface area (Å²) in [6.07, 6.45) is 2.21. The van der Waals surface area contributed by atoms with Crippen LogP contribution in [0.2, 0.25) is 0 Å². The number of hydrogen-bond acceptors (Lipinski definition) is 28. The molecule has 0 saturated heterocycles. The van der Waals surface area contributed by atoms with Gasteiger partial charge in [-0.1, -0.05) is 22.0 Å². The minimum Gasteiger partial charge on any atom is -0.379 e. The molecule has 0 spiro atoms. The maximum atomic E-state index is 11.9. The van der Waals surface area contributed by atoms with Crippen molar-refractivity contribution in [2.45, 2.75) is 11.4 Å². The first-order valence-electron chi connectivity index (χ1n) is 30.1. The molecule has 1 heterocycles. The molecule has 0 bridgehead atoms. The molecule has 31 heteroatoms. The van der Waals surface area contributed by atoms with Gasteiger partial charge in [-0.15, -0.1) is 0 Å². The summed E-state index contributed by atoms with van der Waals surface area (Å²) in [4.78, 5) is 18.8. The molecule has 1 aromatic rings. The molecule has 0 aliphatic heterocycles. The van der Waals surface area contributed by atoms with Gasteiger partial charge < -0.3 is 114 Å². The molecule has 29 nitrogen and oxygen atoms in total. The Labute approximate surface area is 523 Å². The van der Waals surface area contributed by atoms with Crippen molar-refractivity contribution in [2.75, 3.05) is 323 Å². The second kappa shape index (κ2) is 76.2. The van der Waals surface area contributed by atoms with E-state index < -0.39 is 0 Å². The van der Waals surface area contributed by atoms with Crippen molar-refractivity contribution in [3.05, 3.63) is 34.8 Å². The second-order valence-corrected chi connectivity index (χ2v) is 19.6. The topological polar surface area (TPSA) is 303 Å². The van der Waals surface area contributed by atoms with Gasteiger partial charge in [-0.3, -0.25) is 4.79 Å². The predicted octanol–water partition coefficient (Wildman–Crippen LogP) is 3.02. The van der Waals surface area contributed by atoms with E-state index in [0.29, 0.717) is 329 Å². The summed E-state index contributed by atoms with van der Waals surface area (Å²) in [5.41, 5.74) is 8.17. The number of amides is 1. The Morgan fingerprint density at radius 2 is 0.586 bits per heavy atom. The van der Waals surface area contributed by atoms with E-state index >= 15 is 0 Å². The van der Waals surface area contributed by atoms with Gasteiger partial charge in [0.2, 0.25) is 5.91 Å². The van der Waals surface area contributed by atoms with E-state index in [-0.39, 0.29) is 5.91 Å². The van der Waals surface area contributed by atoms with Crippen LogP contribution in [0.4, 0.5) is 0 Å².